The molecule has 0 saturated carbocycles. The van der Waals surface area contributed by atoms with Crippen LogP contribution in [-0.4, -0.2) is 44.9 Å². The van der Waals surface area contributed by atoms with E-state index in [2.05, 4.69) is 46.4 Å². The Morgan fingerprint density at radius 2 is 2.15 bits per heavy atom. The number of halogens is 2. The molecule has 1 aromatic heterocycles. The molecular formula is C19H23BrFN7O4S. The molecule has 14 heteroatoms. The van der Waals surface area contributed by atoms with Crippen molar-refractivity contribution in [2.45, 2.75) is 27.2 Å². The van der Waals surface area contributed by atoms with Gasteiger partial charge in [-0.15, -0.1) is 4.36 Å². The van der Waals surface area contributed by atoms with Gasteiger partial charge in [-0.2, -0.15) is 10.7 Å². The number of benzene rings is 1. The maximum Gasteiger partial charge on any atom is 0.337 e. The maximum atomic E-state index is 13.6. The van der Waals surface area contributed by atoms with E-state index in [-0.39, 0.29) is 34.1 Å². The minimum absolute atomic E-state index is 0.0449. The number of aliphatic imine (C=N–C) groups is 1. The monoisotopic (exact) mass is 543 g/mol. The highest BCUT2D eigenvalue weighted by molar-refractivity contribution is 9.10. The fraction of sp³-hybridized carbons (Fsp3) is 0.421. The molecule has 33 heavy (non-hydrogen) atoms. The first-order valence-electron chi connectivity index (χ1n) is 9.65. The Balaban J connectivity index is 2.33. The van der Waals surface area contributed by atoms with E-state index < -0.39 is 26.9 Å². The molecule has 0 aliphatic heterocycles. The molecule has 0 amide bonds. The Kier molecular flexibility index (Phi) is 8.89. The molecule has 2 N–H and O–H groups in total. The van der Waals surface area contributed by atoms with Crippen molar-refractivity contribution in [2.75, 3.05) is 23.9 Å². The Labute approximate surface area is 199 Å². The zero-order valence-electron chi connectivity index (χ0n) is 18.4. The molecule has 0 bridgehead atoms. The summed E-state index contributed by atoms with van der Waals surface area (Å²) >= 11 is 3.09. The van der Waals surface area contributed by atoms with Crippen LogP contribution >= 0.6 is 15.9 Å². The van der Waals surface area contributed by atoms with E-state index in [9.17, 15) is 13.4 Å². The van der Waals surface area contributed by atoms with Gasteiger partial charge in [-0.1, -0.05) is 6.92 Å². The molecule has 0 fully saturated rings. The van der Waals surface area contributed by atoms with Crippen molar-refractivity contribution >= 4 is 49.0 Å². The van der Waals surface area contributed by atoms with E-state index in [1.165, 1.54) is 30.6 Å². The average molecular weight is 544 g/mol. The molecule has 1 aromatic carbocycles. The molecule has 2 rings (SSSR count). The second kappa shape index (κ2) is 11.2. The van der Waals surface area contributed by atoms with Gasteiger partial charge in [0.25, 0.3) is 0 Å². The van der Waals surface area contributed by atoms with Gasteiger partial charge in [0.2, 0.25) is 12.0 Å². The number of carbonyl (C=O) groups excluding carboxylic acids is 1. The number of nitrogens with zero attached hydrogens (tertiary/aromatic N) is 5. The van der Waals surface area contributed by atoms with Crippen LogP contribution in [0, 0.1) is 22.7 Å². The number of aromatic nitrogens is 2. The van der Waals surface area contributed by atoms with Gasteiger partial charge >= 0.3 is 5.97 Å². The SMILES string of the molecule is CCC(C)(C)C(=O)ONC(=Nc1ccc(F)c(Br)c1)c1nonc1NCCS(C)(=O)=NC#N. The Morgan fingerprint density at radius 1 is 1.42 bits per heavy atom. The van der Waals surface area contributed by atoms with Gasteiger partial charge < -0.3 is 10.2 Å². The number of hydroxylamine groups is 1. The number of amidine groups is 1. The highest BCUT2D eigenvalue weighted by Gasteiger charge is 2.29. The first kappa shape index (κ1) is 26.2. The molecule has 0 aliphatic rings. The summed E-state index contributed by atoms with van der Waals surface area (Å²) in [4.78, 5) is 22.0. The third-order valence-corrected chi connectivity index (χ3v) is 6.58. The van der Waals surface area contributed by atoms with Crippen molar-refractivity contribution in [2.24, 2.45) is 14.8 Å². The average Bonchev–Trinajstić information content (AvgIpc) is 3.21. The highest BCUT2D eigenvalue weighted by atomic mass is 79.9. The number of carbonyl (C=O) groups is 1. The zero-order valence-corrected chi connectivity index (χ0v) is 20.8. The standard InChI is InChI=1S/C19H23BrFN7O4S/c1-5-19(2,3)18(29)31-27-17(25-12-6-7-14(21)13(20)10-12)15-16(28-32-26-15)23-8-9-33(4,30)24-11-22/h6-7,10H,5,8-9H2,1-4H3,(H,23,28)(H,25,27). The lowest BCUT2D eigenvalue weighted by Gasteiger charge is -2.20. The number of nitrogens with one attached hydrogen (secondary N) is 2. The summed E-state index contributed by atoms with van der Waals surface area (Å²) in [5, 5.41) is 19.0. The van der Waals surface area contributed by atoms with Gasteiger partial charge in [0.15, 0.2) is 11.5 Å². The van der Waals surface area contributed by atoms with Gasteiger partial charge in [0.05, 0.1) is 25.3 Å². The van der Waals surface area contributed by atoms with Crippen LogP contribution < -0.4 is 10.8 Å². The summed E-state index contributed by atoms with van der Waals surface area (Å²) in [5.74, 6) is -0.891. The van der Waals surface area contributed by atoms with Crippen molar-refractivity contribution in [1.82, 2.24) is 15.8 Å². The van der Waals surface area contributed by atoms with E-state index in [4.69, 9.17) is 14.7 Å². The second-order valence-corrected chi connectivity index (χ2v) is 10.9. The van der Waals surface area contributed by atoms with Crippen LogP contribution in [0.1, 0.15) is 32.9 Å². The van der Waals surface area contributed by atoms with Crippen LogP contribution in [0.4, 0.5) is 15.9 Å². The molecule has 1 atom stereocenters. The fourth-order valence-electron chi connectivity index (χ4n) is 2.14. The van der Waals surface area contributed by atoms with Crippen molar-refractivity contribution in [3.8, 4) is 6.19 Å². The predicted molar refractivity (Wildman–Crippen MR) is 123 cm³/mol. The first-order valence-corrected chi connectivity index (χ1v) is 12.5. The minimum Gasteiger partial charge on any atom is -0.364 e. The first-order chi connectivity index (χ1) is 15.5. The third-order valence-electron chi connectivity index (χ3n) is 4.54. The van der Waals surface area contributed by atoms with E-state index in [1.807, 2.05) is 6.92 Å². The summed E-state index contributed by atoms with van der Waals surface area (Å²) in [6, 6.07) is 4.05. The zero-order chi connectivity index (χ0) is 24.6. The van der Waals surface area contributed by atoms with Crippen molar-refractivity contribution < 1.29 is 22.9 Å². The smallest absolute Gasteiger partial charge is 0.337 e. The van der Waals surface area contributed by atoms with Gasteiger partial charge in [0, 0.05) is 18.6 Å². The van der Waals surface area contributed by atoms with E-state index in [0.717, 1.165) is 0 Å². The lowest BCUT2D eigenvalue weighted by molar-refractivity contribution is -0.158. The molecule has 0 spiro atoms. The molecule has 0 aliphatic carbocycles. The van der Waals surface area contributed by atoms with Crippen molar-refractivity contribution in [3.63, 3.8) is 0 Å². The van der Waals surface area contributed by atoms with Gasteiger partial charge in [-0.3, -0.25) is 0 Å². The summed E-state index contributed by atoms with van der Waals surface area (Å²) in [6.45, 7) is 5.42. The van der Waals surface area contributed by atoms with Crippen LogP contribution in [-0.2, 0) is 19.4 Å². The van der Waals surface area contributed by atoms with E-state index in [0.29, 0.717) is 12.1 Å². The van der Waals surface area contributed by atoms with Crippen LogP contribution in [0.5, 0.6) is 0 Å². The van der Waals surface area contributed by atoms with Gasteiger partial charge in [-0.25, -0.2) is 23.0 Å². The molecule has 0 saturated heterocycles. The third kappa shape index (κ3) is 7.50. The van der Waals surface area contributed by atoms with Gasteiger partial charge in [0.1, 0.15) is 5.82 Å². The normalized spacial score (nSPS) is 13.5. The lowest BCUT2D eigenvalue weighted by atomic mass is 9.91. The second-order valence-electron chi connectivity index (χ2n) is 7.53. The molecule has 11 nitrogen and oxygen atoms in total. The molecular weight excluding hydrogens is 521 g/mol. The van der Waals surface area contributed by atoms with E-state index >= 15 is 0 Å². The summed E-state index contributed by atoms with van der Waals surface area (Å²) in [7, 11) is -2.70. The topological polar surface area (TPSA) is 155 Å². The Morgan fingerprint density at radius 3 is 2.79 bits per heavy atom. The largest absolute Gasteiger partial charge is 0.364 e. The number of nitriles is 1. The number of hydrogen-bond acceptors (Lipinski definition) is 10. The number of anilines is 1. The molecule has 1 unspecified atom stereocenters. The summed E-state index contributed by atoms with van der Waals surface area (Å²) in [5.41, 5.74) is 2.09. The lowest BCUT2D eigenvalue weighted by Crippen LogP contribution is -2.35. The quantitative estimate of drug-likeness (QED) is 0.220. The number of hydrogen-bond donors (Lipinski definition) is 2. The predicted octanol–water partition coefficient (Wildman–Crippen LogP) is 3.52. The minimum atomic E-state index is -2.70. The van der Waals surface area contributed by atoms with Gasteiger partial charge in [-0.05, 0) is 64.7 Å². The molecule has 178 valence electrons. The Hall–Kier alpha value is -3.05. The fourth-order valence-corrected chi connectivity index (χ4v) is 3.25. The molecule has 1 heterocycles. The van der Waals surface area contributed by atoms with Crippen LogP contribution in [0.15, 0.2) is 36.7 Å². The summed E-state index contributed by atoms with van der Waals surface area (Å²) in [6.07, 6.45) is 3.42. The van der Waals surface area contributed by atoms with Crippen molar-refractivity contribution in [1.29, 1.82) is 5.26 Å². The molecule has 0 radical (unpaired) electrons. The van der Waals surface area contributed by atoms with Crippen molar-refractivity contribution in [3.05, 3.63) is 34.2 Å². The Bertz CT molecular complexity index is 1200. The van der Waals surface area contributed by atoms with Crippen LogP contribution in [0.3, 0.4) is 0 Å². The van der Waals surface area contributed by atoms with E-state index in [1.54, 1.807) is 13.8 Å². The number of rotatable bonds is 8. The summed E-state index contributed by atoms with van der Waals surface area (Å²) < 4.78 is 34.1. The molecule has 2 aromatic rings. The van der Waals surface area contributed by atoms with Crippen LogP contribution in [0.2, 0.25) is 0 Å². The highest BCUT2D eigenvalue weighted by Crippen LogP contribution is 2.24. The maximum absolute atomic E-state index is 13.6. The van der Waals surface area contributed by atoms with Crippen LogP contribution in [0.25, 0.3) is 0 Å².